The van der Waals surface area contributed by atoms with E-state index in [0.29, 0.717) is 22.6 Å². The molecule has 0 spiro atoms. The fourth-order valence-electron chi connectivity index (χ4n) is 6.96. The number of esters is 2. The van der Waals surface area contributed by atoms with Crippen LogP contribution in [0.25, 0.3) is 32.7 Å². The maximum atomic E-state index is 13.0. The number of carbonyl (C=O) groups excluding carboxylic acids is 2. The largest absolute Gasteiger partial charge is 0.423 e. The average molecular weight is 757 g/mol. The van der Waals surface area contributed by atoms with Gasteiger partial charge in [0.2, 0.25) is 0 Å². The molecule has 58 heavy (non-hydrogen) atoms. The molecule has 8 aromatic carbocycles. The van der Waals surface area contributed by atoms with E-state index in [1.165, 1.54) is 32.7 Å². The van der Waals surface area contributed by atoms with E-state index in [2.05, 4.69) is 74.5 Å². The number of fused-ring (bicyclic) bond motifs is 2. The molecule has 8 rings (SSSR count). The van der Waals surface area contributed by atoms with Gasteiger partial charge in [0.15, 0.2) is 0 Å². The van der Waals surface area contributed by atoms with Gasteiger partial charge in [0, 0.05) is 12.4 Å². The normalized spacial score (nSPS) is 12.5. The van der Waals surface area contributed by atoms with Gasteiger partial charge >= 0.3 is 11.9 Å². The number of nitrogens with zero attached hydrogens (tertiary/aromatic N) is 2. The number of benzene rings is 8. The quantitative estimate of drug-likeness (QED) is 0.0748. The van der Waals surface area contributed by atoms with Gasteiger partial charge in [-0.15, -0.1) is 0 Å². The number of ether oxygens (including phenoxy) is 2. The zero-order valence-electron chi connectivity index (χ0n) is 32.2. The van der Waals surface area contributed by atoms with Gasteiger partial charge in [-0.25, -0.2) is 9.59 Å². The van der Waals surface area contributed by atoms with Crippen molar-refractivity contribution in [2.24, 2.45) is 9.98 Å². The van der Waals surface area contributed by atoms with Crippen molar-refractivity contribution in [3.8, 4) is 22.6 Å². The molecule has 0 aliphatic carbocycles. The van der Waals surface area contributed by atoms with E-state index in [0.717, 1.165) is 22.3 Å². The third kappa shape index (κ3) is 8.67. The Morgan fingerprint density at radius 2 is 0.793 bits per heavy atom. The summed E-state index contributed by atoms with van der Waals surface area (Å²) in [6.07, 6.45) is 3.69. The molecule has 0 aromatic heterocycles. The molecule has 282 valence electrons. The smallest absolute Gasteiger partial charge is 0.343 e. The first-order valence-corrected chi connectivity index (χ1v) is 19.2. The van der Waals surface area contributed by atoms with E-state index in [1.807, 2.05) is 85.2 Å². The molecule has 6 nitrogen and oxygen atoms in total. The molecule has 0 saturated heterocycles. The van der Waals surface area contributed by atoms with Crippen LogP contribution in [0, 0.1) is 0 Å². The van der Waals surface area contributed by atoms with Crippen LogP contribution < -0.4 is 9.47 Å². The van der Waals surface area contributed by atoms with Crippen LogP contribution in [0.4, 0.5) is 0 Å². The first-order chi connectivity index (χ1) is 28.4. The van der Waals surface area contributed by atoms with Crippen LogP contribution in [0.15, 0.2) is 192 Å². The van der Waals surface area contributed by atoms with Gasteiger partial charge < -0.3 is 9.47 Å². The molecule has 1 unspecified atom stereocenters. The van der Waals surface area contributed by atoms with Gasteiger partial charge in [-0.3, -0.25) is 9.98 Å². The highest BCUT2D eigenvalue weighted by molar-refractivity contribution is 5.93. The third-order valence-electron chi connectivity index (χ3n) is 10.2. The number of hydrogen-bond acceptors (Lipinski definition) is 6. The molecule has 0 heterocycles. The van der Waals surface area contributed by atoms with Gasteiger partial charge in [-0.05, 0) is 142 Å². The summed E-state index contributed by atoms with van der Waals surface area (Å²) in [5.74, 6) is -0.0104. The SMILES string of the molecule is CC(N=Cc1ccc(OC(=O)c2ccc(-c3ccc(C(=O)Oc4ccc(C=N[C@H](C)c5cccc6ccccc56)cc4)cc3)cc2)cc1)c1cccc2ccccc12. The Morgan fingerprint density at radius 3 is 1.19 bits per heavy atom. The first-order valence-electron chi connectivity index (χ1n) is 19.2. The third-order valence-corrected chi connectivity index (χ3v) is 10.2. The summed E-state index contributed by atoms with van der Waals surface area (Å²) in [5.41, 5.74) is 6.81. The molecular weight excluding hydrogens is 717 g/mol. The van der Waals surface area contributed by atoms with Crippen LogP contribution in [0.3, 0.4) is 0 Å². The number of rotatable bonds is 11. The minimum Gasteiger partial charge on any atom is -0.423 e. The van der Waals surface area contributed by atoms with Crippen molar-refractivity contribution >= 4 is 45.9 Å². The Bertz CT molecular complexity index is 2570. The van der Waals surface area contributed by atoms with Crippen molar-refractivity contribution in [1.29, 1.82) is 0 Å². The van der Waals surface area contributed by atoms with Crippen molar-refractivity contribution in [2.45, 2.75) is 25.9 Å². The average Bonchev–Trinajstić information content (AvgIpc) is 3.28. The van der Waals surface area contributed by atoms with E-state index in [4.69, 9.17) is 19.5 Å². The minimum atomic E-state index is -0.452. The van der Waals surface area contributed by atoms with Crippen LogP contribution in [0.5, 0.6) is 11.5 Å². The van der Waals surface area contributed by atoms with E-state index in [1.54, 1.807) is 48.5 Å². The number of aliphatic imine (C=N–C) groups is 2. The summed E-state index contributed by atoms with van der Waals surface area (Å²) in [7, 11) is 0. The maximum Gasteiger partial charge on any atom is 0.343 e. The van der Waals surface area contributed by atoms with Crippen molar-refractivity contribution < 1.29 is 19.1 Å². The zero-order chi connectivity index (χ0) is 39.8. The van der Waals surface area contributed by atoms with Gasteiger partial charge in [-0.1, -0.05) is 109 Å². The Balaban J connectivity index is 0.828. The Morgan fingerprint density at radius 1 is 0.431 bits per heavy atom. The van der Waals surface area contributed by atoms with Crippen molar-refractivity contribution in [2.75, 3.05) is 0 Å². The standard InChI is InChI=1S/C52H40N2O4/c1-35(47-15-7-11-41-9-3-5-13-49(41)47)53-33-37-17-29-45(30-18-37)57-51(55)43-25-21-39(22-26-43)40-23-27-44(28-24-40)52(56)58-46-31-19-38(20-32-46)34-54-36(2)48-16-8-12-42-10-4-6-14-50(42)48/h3-36H,1-2H3/t35-,36?/m1/s1. The molecule has 0 aliphatic heterocycles. The predicted molar refractivity (Wildman–Crippen MR) is 235 cm³/mol. The number of hydrogen-bond donors (Lipinski definition) is 0. The van der Waals surface area contributed by atoms with E-state index in [9.17, 15) is 9.59 Å². The summed E-state index contributed by atoms with van der Waals surface area (Å²) >= 11 is 0. The molecular formula is C52H40N2O4. The van der Waals surface area contributed by atoms with Crippen LogP contribution in [0.1, 0.15) is 68.9 Å². The minimum absolute atomic E-state index is 0.0148. The zero-order valence-corrected chi connectivity index (χ0v) is 32.2. The number of carbonyl (C=O) groups is 2. The van der Waals surface area contributed by atoms with Crippen molar-refractivity contribution in [3.63, 3.8) is 0 Å². The molecule has 6 heteroatoms. The summed E-state index contributed by atoms with van der Waals surface area (Å²) in [6.45, 7) is 4.16. The summed E-state index contributed by atoms with van der Waals surface area (Å²) in [4.78, 5) is 35.5. The summed E-state index contributed by atoms with van der Waals surface area (Å²) < 4.78 is 11.3. The van der Waals surface area contributed by atoms with E-state index in [-0.39, 0.29) is 12.1 Å². The second kappa shape index (κ2) is 17.1. The van der Waals surface area contributed by atoms with Crippen LogP contribution in [0.2, 0.25) is 0 Å². The lowest BCUT2D eigenvalue weighted by Gasteiger charge is -2.10. The Kier molecular flexibility index (Phi) is 11.1. The van der Waals surface area contributed by atoms with Gasteiger partial charge in [0.25, 0.3) is 0 Å². The fourth-order valence-corrected chi connectivity index (χ4v) is 6.96. The fraction of sp³-hybridized carbons (Fsp3) is 0.0769. The maximum absolute atomic E-state index is 13.0. The highest BCUT2D eigenvalue weighted by atomic mass is 16.5. The topological polar surface area (TPSA) is 77.3 Å². The van der Waals surface area contributed by atoms with Gasteiger partial charge in [0.1, 0.15) is 11.5 Å². The lowest BCUT2D eigenvalue weighted by molar-refractivity contribution is 0.0725. The molecule has 0 radical (unpaired) electrons. The van der Waals surface area contributed by atoms with Crippen LogP contribution >= 0.6 is 0 Å². The first kappa shape index (κ1) is 37.5. The highest BCUT2D eigenvalue weighted by Gasteiger charge is 2.13. The monoisotopic (exact) mass is 756 g/mol. The highest BCUT2D eigenvalue weighted by Crippen LogP contribution is 2.28. The van der Waals surface area contributed by atoms with E-state index < -0.39 is 11.9 Å². The molecule has 2 atom stereocenters. The lowest BCUT2D eigenvalue weighted by Crippen LogP contribution is -2.08. The van der Waals surface area contributed by atoms with Gasteiger partial charge in [0.05, 0.1) is 23.2 Å². The molecule has 0 aliphatic rings. The van der Waals surface area contributed by atoms with Crippen molar-refractivity contribution in [1.82, 2.24) is 0 Å². The molecule has 0 bridgehead atoms. The summed E-state index contributed by atoms with van der Waals surface area (Å²) in [6, 6.07) is 58.1. The second-order valence-electron chi connectivity index (χ2n) is 14.1. The van der Waals surface area contributed by atoms with Crippen molar-refractivity contribution in [3.05, 3.63) is 215 Å². The summed E-state index contributed by atoms with van der Waals surface area (Å²) in [5, 5.41) is 4.79. The molecule has 0 amide bonds. The molecule has 0 saturated carbocycles. The van der Waals surface area contributed by atoms with Crippen LogP contribution in [-0.4, -0.2) is 24.4 Å². The Labute approximate surface area is 337 Å². The molecule has 8 aromatic rings. The van der Waals surface area contributed by atoms with Crippen LogP contribution in [-0.2, 0) is 0 Å². The Hall–Kier alpha value is -7.44. The molecule has 0 fully saturated rings. The molecule has 0 N–H and O–H groups in total. The lowest BCUT2D eigenvalue weighted by atomic mass is 10.00. The van der Waals surface area contributed by atoms with E-state index >= 15 is 0 Å². The second-order valence-corrected chi connectivity index (χ2v) is 14.1. The van der Waals surface area contributed by atoms with Gasteiger partial charge in [-0.2, -0.15) is 0 Å². The predicted octanol–water partition coefficient (Wildman–Crippen LogP) is 12.5.